The van der Waals surface area contributed by atoms with Crippen LogP contribution in [0.3, 0.4) is 0 Å². The normalized spacial score (nSPS) is 18.1. The smallest absolute Gasteiger partial charge is 0.415 e. The third-order valence-corrected chi connectivity index (χ3v) is 3.65. The standard InChI is InChI=1S/C13H16N2O2S/c14-7-6-12-15(8-9-18-12)13(16)17-10-11-4-2-1-3-5-11/h1-5,8-9,12H,6-7,10,14H2. The first kappa shape index (κ1) is 13.0. The largest absolute Gasteiger partial charge is 0.444 e. The van der Waals surface area contributed by atoms with Crippen molar-refractivity contribution < 1.29 is 9.53 Å². The van der Waals surface area contributed by atoms with Crippen LogP contribution < -0.4 is 5.73 Å². The average Bonchev–Trinajstić information content (AvgIpc) is 2.86. The first-order valence-corrected chi connectivity index (χ1v) is 6.77. The van der Waals surface area contributed by atoms with E-state index in [1.807, 2.05) is 35.7 Å². The third kappa shape index (κ3) is 3.27. The second kappa shape index (κ2) is 6.47. The van der Waals surface area contributed by atoms with Gasteiger partial charge in [0.1, 0.15) is 6.61 Å². The summed E-state index contributed by atoms with van der Waals surface area (Å²) < 4.78 is 5.27. The number of hydrogen-bond acceptors (Lipinski definition) is 4. The Morgan fingerprint density at radius 3 is 2.89 bits per heavy atom. The van der Waals surface area contributed by atoms with Gasteiger partial charge in [-0.25, -0.2) is 4.79 Å². The average molecular weight is 264 g/mol. The van der Waals surface area contributed by atoms with Crippen LogP contribution in [-0.4, -0.2) is 22.9 Å². The van der Waals surface area contributed by atoms with Crippen LogP contribution in [0.1, 0.15) is 12.0 Å². The minimum atomic E-state index is -0.321. The highest BCUT2D eigenvalue weighted by Gasteiger charge is 2.26. The Hall–Kier alpha value is -1.46. The summed E-state index contributed by atoms with van der Waals surface area (Å²) in [5.41, 5.74) is 6.50. The molecule has 0 radical (unpaired) electrons. The lowest BCUT2D eigenvalue weighted by atomic mass is 10.2. The molecule has 1 atom stereocenters. The maximum Gasteiger partial charge on any atom is 0.415 e. The van der Waals surface area contributed by atoms with Gasteiger partial charge in [-0.05, 0) is 23.9 Å². The van der Waals surface area contributed by atoms with E-state index in [-0.39, 0.29) is 11.5 Å². The van der Waals surface area contributed by atoms with Crippen LogP contribution in [0.4, 0.5) is 4.79 Å². The molecule has 5 heteroatoms. The molecule has 4 nitrogen and oxygen atoms in total. The third-order valence-electron chi connectivity index (χ3n) is 2.60. The number of thioether (sulfide) groups is 1. The van der Waals surface area contributed by atoms with Crippen molar-refractivity contribution in [2.75, 3.05) is 6.54 Å². The summed E-state index contributed by atoms with van der Waals surface area (Å²) in [6.07, 6.45) is 2.19. The van der Waals surface area contributed by atoms with Gasteiger partial charge in [0.2, 0.25) is 0 Å². The van der Waals surface area contributed by atoms with Crippen molar-refractivity contribution in [3.8, 4) is 0 Å². The first-order chi connectivity index (χ1) is 8.81. The van der Waals surface area contributed by atoms with E-state index in [9.17, 15) is 4.79 Å². The minimum Gasteiger partial charge on any atom is -0.444 e. The molecule has 0 saturated heterocycles. The van der Waals surface area contributed by atoms with Crippen LogP contribution in [0, 0.1) is 0 Å². The van der Waals surface area contributed by atoms with Crippen LogP contribution in [0.25, 0.3) is 0 Å². The Bertz CT molecular complexity index is 422. The molecule has 1 aliphatic rings. The van der Waals surface area contributed by atoms with Crippen molar-refractivity contribution in [1.29, 1.82) is 0 Å². The number of nitrogens with zero attached hydrogens (tertiary/aromatic N) is 1. The van der Waals surface area contributed by atoms with Crippen molar-refractivity contribution >= 4 is 17.9 Å². The summed E-state index contributed by atoms with van der Waals surface area (Å²) in [4.78, 5) is 13.5. The van der Waals surface area contributed by atoms with Crippen LogP contribution in [0.5, 0.6) is 0 Å². The second-order valence-electron chi connectivity index (χ2n) is 3.90. The van der Waals surface area contributed by atoms with Crippen molar-refractivity contribution in [3.63, 3.8) is 0 Å². The van der Waals surface area contributed by atoms with Gasteiger partial charge < -0.3 is 10.5 Å². The van der Waals surface area contributed by atoms with Gasteiger partial charge in [0.15, 0.2) is 0 Å². The van der Waals surface area contributed by atoms with Gasteiger partial charge in [0, 0.05) is 6.20 Å². The molecule has 0 bridgehead atoms. The summed E-state index contributed by atoms with van der Waals surface area (Å²) in [5.74, 6) is 0. The number of ether oxygens (including phenoxy) is 1. The van der Waals surface area contributed by atoms with Gasteiger partial charge in [-0.3, -0.25) is 4.90 Å². The topological polar surface area (TPSA) is 55.6 Å². The maximum atomic E-state index is 11.9. The Morgan fingerprint density at radius 2 is 2.17 bits per heavy atom. The lowest BCUT2D eigenvalue weighted by Gasteiger charge is -2.21. The number of hydrogen-bond donors (Lipinski definition) is 1. The van der Waals surface area contributed by atoms with Crippen molar-refractivity contribution in [1.82, 2.24) is 4.90 Å². The Balaban J connectivity index is 1.86. The van der Waals surface area contributed by atoms with Gasteiger partial charge in [-0.15, -0.1) is 11.8 Å². The summed E-state index contributed by atoms with van der Waals surface area (Å²) in [5, 5.41) is 1.96. The number of benzene rings is 1. The maximum absolute atomic E-state index is 11.9. The van der Waals surface area contributed by atoms with E-state index in [0.717, 1.165) is 12.0 Å². The fourth-order valence-corrected chi connectivity index (χ4v) is 2.62. The van der Waals surface area contributed by atoms with Crippen LogP contribution in [0.15, 0.2) is 41.9 Å². The van der Waals surface area contributed by atoms with Crippen molar-refractivity contribution in [2.24, 2.45) is 5.73 Å². The number of carbonyl (C=O) groups is 1. The van der Waals surface area contributed by atoms with Gasteiger partial charge >= 0.3 is 6.09 Å². The molecule has 1 unspecified atom stereocenters. The fraction of sp³-hybridized carbons (Fsp3) is 0.308. The quantitative estimate of drug-likeness (QED) is 0.908. The zero-order valence-corrected chi connectivity index (χ0v) is 10.8. The van der Waals surface area contributed by atoms with E-state index in [2.05, 4.69) is 0 Å². The number of amides is 1. The predicted octanol–water partition coefficient (Wildman–Crippen LogP) is 2.52. The Labute approximate surface area is 111 Å². The van der Waals surface area contributed by atoms with Gasteiger partial charge in [0.25, 0.3) is 0 Å². The SMILES string of the molecule is NCCC1SC=CN1C(=O)OCc1ccccc1. The molecule has 0 aliphatic carbocycles. The number of rotatable bonds is 4. The van der Waals surface area contributed by atoms with E-state index < -0.39 is 0 Å². The molecule has 2 N–H and O–H groups in total. The van der Waals surface area contributed by atoms with E-state index in [1.165, 1.54) is 0 Å². The van der Waals surface area contributed by atoms with Crippen molar-refractivity contribution in [2.45, 2.75) is 18.4 Å². The molecular formula is C13H16N2O2S. The van der Waals surface area contributed by atoms with Gasteiger partial charge in [-0.1, -0.05) is 30.3 Å². The lowest BCUT2D eigenvalue weighted by Crippen LogP contribution is -2.33. The zero-order valence-electron chi connectivity index (χ0n) is 9.99. The summed E-state index contributed by atoms with van der Waals surface area (Å²) in [7, 11) is 0. The fourth-order valence-electron chi connectivity index (χ4n) is 1.67. The summed E-state index contributed by atoms with van der Waals surface area (Å²) in [6, 6.07) is 9.64. The first-order valence-electron chi connectivity index (χ1n) is 5.82. The Morgan fingerprint density at radius 1 is 1.39 bits per heavy atom. The summed E-state index contributed by atoms with van der Waals surface area (Å²) in [6.45, 7) is 0.853. The monoisotopic (exact) mass is 264 g/mol. The van der Waals surface area contributed by atoms with Gasteiger partial charge in [-0.2, -0.15) is 0 Å². The molecule has 1 amide bonds. The molecule has 1 aliphatic heterocycles. The van der Waals surface area contributed by atoms with E-state index >= 15 is 0 Å². The van der Waals surface area contributed by atoms with Crippen LogP contribution in [0.2, 0.25) is 0 Å². The predicted molar refractivity (Wildman–Crippen MR) is 72.7 cm³/mol. The molecule has 1 heterocycles. The Kier molecular flexibility index (Phi) is 4.66. The zero-order chi connectivity index (χ0) is 12.8. The molecule has 0 spiro atoms. The minimum absolute atomic E-state index is 0.0678. The molecule has 1 aromatic carbocycles. The van der Waals surface area contributed by atoms with Gasteiger partial charge in [0.05, 0.1) is 5.37 Å². The van der Waals surface area contributed by atoms with Crippen molar-refractivity contribution in [3.05, 3.63) is 47.5 Å². The number of nitrogens with two attached hydrogens (primary N) is 1. The van der Waals surface area contributed by atoms with Crippen LogP contribution in [-0.2, 0) is 11.3 Å². The highest BCUT2D eigenvalue weighted by atomic mass is 32.2. The number of carbonyl (C=O) groups excluding carboxylic acids is 1. The molecule has 1 aromatic rings. The highest BCUT2D eigenvalue weighted by molar-refractivity contribution is 8.02. The van der Waals surface area contributed by atoms with E-state index in [4.69, 9.17) is 10.5 Å². The molecule has 2 rings (SSSR count). The molecule has 0 aromatic heterocycles. The highest BCUT2D eigenvalue weighted by Crippen LogP contribution is 2.27. The summed E-state index contributed by atoms with van der Waals surface area (Å²) >= 11 is 1.59. The van der Waals surface area contributed by atoms with Crippen LogP contribution >= 0.6 is 11.8 Å². The van der Waals surface area contributed by atoms with E-state index in [1.54, 1.807) is 22.9 Å². The molecule has 0 saturated carbocycles. The molecule has 0 fully saturated rings. The lowest BCUT2D eigenvalue weighted by molar-refractivity contribution is 0.108. The molecule has 18 heavy (non-hydrogen) atoms. The second-order valence-corrected chi connectivity index (χ2v) is 4.99. The molecule has 96 valence electrons. The molecular weight excluding hydrogens is 248 g/mol. The van der Waals surface area contributed by atoms with E-state index in [0.29, 0.717) is 13.2 Å².